The van der Waals surface area contributed by atoms with Crippen LogP contribution in [0, 0.1) is 17.8 Å². The Morgan fingerprint density at radius 3 is 2.15 bits per heavy atom. The molecule has 0 heterocycles. The van der Waals surface area contributed by atoms with Crippen molar-refractivity contribution in [1.29, 1.82) is 0 Å². The lowest BCUT2D eigenvalue weighted by atomic mass is 9.80. The zero-order valence-electron chi connectivity index (χ0n) is 16.7. The summed E-state index contributed by atoms with van der Waals surface area (Å²) in [5.41, 5.74) is -0.372. The van der Waals surface area contributed by atoms with Gasteiger partial charge < -0.3 is 10.2 Å². The zero-order chi connectivity index (χ0) is 20.2. The number of aliphatic hydroxyl groups excluding tert-OH is 1. The lowest BCUT2D eigenvalue weighted by molar-refractivity contribution is -0.156. The Balaban J connectivity index is 3.35. The standard InChI is InChI=1S/C21H32O5/c1-7-14(6)18(23)17-19(24)15(10-8-12(2)3)21(26,20(17)25)16(22)11-9-13(4)5/h8-9,14-17,22,26H,7,10-11H2,1-6H3/t14?,15-,16+,17?,21?/m0/s1. The largest absolute Gasteiger partial charge is 0.389 e. The monoisotopic (exact) mass is 364 g/mol. The Bertz CT molecular complexity index is 622. The zero-order valence-corrected chi connectivity index (χ0v) is 16.7. The molecular formula is C21H32O5. The minimum atomic E-state index is -2.23. The van der Waals surface area contributed by atoms with E-state index in [2.05, 4.69) is 0 Å². The summed E-state index contributed by atoms with van der Waals surface area (Å²) in [7, 11) is 0. The highest BCUT2D eigenvalue weighted by Gasteiger charge is 2.64. The fraction of sp³-hybridized carbons (Fsp3) is 0.667. The Morgan fingerprint density at radius 1 is 1.15 bits per heavy atom. The first-order chi connectivity index (χ1) is 12.0. The molecule has 26 heavy (non-hydrogen) atoms. The van der Waals surface area contributed by atoms with E-state index >= 15 is 0 Å². The highest BCUT2D eigenvalue weighted by Crippen LogP contribution is 2.41. The molecule has 0 aromatic carbocycles. The van der Waals surface area contributed by atoms with Crippen LogP contribution in [0.1, 0.15) is 60.8 Å². The van der Waals surface area contributed by atoms with Gasteiger partial charge in [-0.25, -0.2) is 0 Å². The number of hydrogen-bond donors (Lipinski definition) is 2. The van der Waals surface area contributed by atoms with Gasteiger partial charge in [0.1, 0.15) is 5.92 Å². The molecule has 5 heteroatoms. The normalized spacial score (nSPS) is 27.8. The van der Waals surface area contributed by atoms with Gasteiger partial charge in [0.25, 0.3) is 0 Å². The summed E-state index contributed by atoms with van der Waals surface area (Å²) in [6.45, 7) is 10.9. The molecule has 146 valence electrons. The first-order valence-corrected chi connectivity index (χ1v) is 9.27. The van der Waals surface area contributed by atoms with Crippen LogP contribution in [-0.4, -0.2) is 39.3 Å². The fourth-order valence-corrected chi connectivity index (χ4v) is 3.28. The van der Waals surface area contributed by atoms with Crippen LogP contribution >= 0.6 is 0 Å². The number of hydrogen-bond acceptors (Lipinski definition) is 5. The van der Waals surface area contributed by atoms with Gasteiger partial charge in [0.15, 0.2) is 23.0 Å². The molecule has 2 N–H and O–H groups in total. The second-order valence-corrected chi connectivity index (χ2v) is 7.84. The van der Waals surface area contributed by atoms with Gasteiger partial charge in [-0.3, -0.25) is 14.4 Å². The van der Waals surface area contributed by atoms with Crippen LogP contribution in [0.5, 0.6) is 0 Å². The topological polar surface area (TPSA) is 91.7 Å². The summed E-state index contributed by atoms with van der Waals surface area (Å²) in [5, 5.41) is 21.7. The molecule has 1 aliphatic carbocycles. The quantitative estimate of drug-likeness (QED) is 0.510. The van der Waals surface area contributed by atoms with E-state index in [1.165, 1.54) is 0 Å². The Labute approximate surface area is 156 Å². The number of carbonyl (C=O) groups excluding carboxylic acids is 3. The second kappa shape index (κ2) is 8.87. The van der Waals surface area contributed by atoms with Crippen molar-refractivity contribution in [2.24, 2.45) is 17.8 Å². The fourth-order valence-electron chi connectivity index (χ4n) is 3.28. The summed E-state index contributed by atoms with van der Waals surface area (Å²) >= 11 is 0. The van der Waals surface area contributed by atoms with Gasteiger partial charge in [-0.1, -0.05) is 37.1 Å². The third-order valence-electron chi connectivity index (χ3n) is 5.22. The third-order valence-corrected chi connectivity index (χ3v) is 5.22. The van der Waals surface area contributed by atoms with Gasteiger partial charge in [-0.15, -0.1) is 0 Å². The highest BCUT2D eigenvalue weighted by atomic mass is 16.4. The second-order valence-electron chi connectivity index (χ2n) is 7.84. The van der Waals surface area contributed by atoms with Gasteiger partial charge in [-0.2, -0.15) is 0 Å². The summed E-state index contributed by atoms with van der Waals surface area (Å²) in [5.74, 6) is -4.93. The van der Waals surface area contributed by atoms with Crippen molar-refractivity contribution in [1.82, 2.24) is 0 Å². The molecule has 1 aliphatic rings. The van der Waals surface area contributed by atoms with E-state index in [0.717, 1.165) is 11.1 Å². The number of allylic oxidation sites excluding steroid dienone is 3. The van der Waals surface area contributed by atoms with Crippen LogP contribution in [0.2, 0.25) is 0 Å². The molecule has 5 nitrogen and oxygen atoms in total. The molecule has 0 saturated heterocycles. The van der Waals surface area contributed by atoms with Gasteiger partial charge in [0.05, 0.1) is 12.0 Å². The predicted molar refractivity (Wildman–Crippen MR) is 101 cm³/mol. The smallest absolute Gasteiger partial charge is 0.185 e. The van der Waals surface area contributed by atoms with Crippen LogP contribution in [0.4, 0.5) is 0 Å². The number of aliphatic hydroxyl groups is 2. The molecule has 0 radical (unpaired) electrons. The van der Waals surface area contributed by atoms with Crippen molar-refractivity contribution in [3.63, 3.8) is 0 Å². The van der Waals surface area contributed by atoms with E-state index in [1.807, 2.05) is 34.6 Å². The van der Waals surface area contributed by atoms with Crippen molar-refractivity contribution < 1.29 is 24.6 Å². The van der Waals surface area contributed by atoms with E-state index in [9.17, 15) is 24.6 Å². The number of ketones is 3. The molecule has 0 bridgehead atoms. The summed E-state index contributed by atoms with van der Waals surface area (Å²) in [4.78, 5) is 38.4. The van der Waals surface area contributed by atoms with Gasteiger partial charge >= 0.3 is 0 Å². The van der Waals surface area contributed by atoms with E-state index in [4.69, 9.17) is 0 Å². The molecule has 1 rings (SSSR count). The maximum atomic E-state index is 12.9. The van der Waals surface area contributed by atoms with Crippen molar-refractivity contribution in [3.05, 3.63) is 23.3 Å². The first kappa shape index (κ1) is 22.5. The first-order valence-electron chi connectivity index (χ1n) is 9.27. The van der Waals surface area contributed by atoms with Crippen molar-refractivity contribution in [3.8, 4) is 0 Å². The third kappa shape index (κ3) is 4.38. The number of rotatable bonds is 8. The molecule has 1 fully saturated rings. The van der Waals surface area contributed by atoms with E-state index in [1.54, 1.807) is 19.1 Å². The van der Waals surface area contributed by atoms with Gasteiger partial charge in [0, 0.05) is 5.92 Å². The summed E-state index contributed by atoms with van der Waals surface area (Å²) in [6, 6.07) is 0. The minimum Gasteiger partial charge on any atom is -0.389 e. The predicted octanol–water partition coefficient (Wildman–Crippen LogP) is 2.79. The van der Waals surface area contributed by atoms with Crippen molar-refractivity contribution in [2.45, 2.75) is 72.5 Å². The van der Waals surface area contributed by atoms with E-state index < -0.39 is 46.8 Å². The van der Waals surface area contributed by atoms with Crippen LogP contribution in [-0.2, 0) is 14.4 Å². The van der Waals surface area contributed by atoms with E-state index in [0.29, 0.717) is 6.42 Å². The molecule has 0 aromatic rings. The van der Waals surface area contributed by atoms with Crippen molar-refractivity contribution in [2.75, 3.05) is 0 Å². The number of carbonyl (C=O) groups is 3. The Kier molecular flexibility index (Phi) is 7.66. The molecular weight excluding hydrogens is 332 g/mol. The van der Waals surface area contributed by atoms with Crippen LogP contribution in [0.25, 0.3) is 0 Å². The number of Topliss-reactive ketones (excluding diaryl/α,β-unsaturated/α-hetero) is 3. The minimum absolute atomic E-state index is 0.0490. The molecule has 0 spiro atoms. The average molecular weight is 364 g/mol. The Morgan fingerprint density at radius 2 is 1.69 bits per heavy atom. The summed E-state index contributed by atoms with van der Waals surface area (Å²) in [6.07, 6.45) is 2.71. The molecule has 1 saturated carbocycles. The van der Waals surface area contributed by atoms with Crippen LogP contribution in [0.15, 0.2) is 23.3 Å². The molecule has 3 unspecified atom stereocenters. The molecule has 0 aromatic heterocycles. The molecule has 0 aliphatic heterocycles. The Hall–Kier alpha value is -1.59. The highest BCUT2D eigenvalue weighted by molar-refractivity contribution is 6.28. The summed E-state index contributed by atoms with van der Waals surface area (Å²) < 4.78 is 0. The van der Waals surface area contributed by atoms with Gasteiger partial charge in [0.2, 0.25) is 0 Å². The maximum Gasteiger partial charge on any atom is 0.185 e. The lowest BCUT2D eigenvalue weighted by Gasteiger charge is -2.31. The van der Waals surface area contributed by atoms with E-state index in [-0.39, 0.29) is 12.8 Å². The SMILES string of the molecule is CCC(C)C(=O)C1C(=O)[C@H](CC=C(C)C)C(O)([C@H](O)CC=C(C)C)C1=O. The van der Waals surface area contributed by atoms with Gasteiger partial charge in [-0.05, 0) is 47.0 Å². The maximum absolute atomic E-state index is 12.9. The van der Waals surface area contributed by atoms with Crippen LogP contribution < -0.4 is 0 Å². The van der Waals surface area contributed by atoms with Crippen LogP contribution in [0.3, 0.4) is 0 Å². The molecule has 5 atom stereocenters. The average Bonchev–Trinajstić information content (AvgIpc) is 2.76. The molecule has 0 amide bonds. The lowest BCUT2D eigenvalue weighted by Crippen LogP contribution is -2.52. The van der Waals surface area contributed by atoms with Crippen molar-refractivity contribution >= 4 is 17.3 Å².